The Balaban J connectivity index is 1.43. The molecule has 0 aliphatic carbocycles. The van der Waals surface area contributed by atoms with Crippen LogP contribution < -0.4 is 20.1 Å². The third kappa shape index (κ3) is 4.10. The molecule has 5 rings (SSSR count). The van der Waals surface area contributed by atoms with Crippen molar-refractivity contribution < 1.29 is 18.7 Å². The Morgan fingerprint density at radius 3 is 2.76 bits per heavy atom. The third-order valence-corrected chi connectivity index (χ3v) is 6.77. The summed E-state index contributed by atoms with van der Waals surface area (Å²) in [6.45, 7) is 3.31. The third-order valence-electron chi connectivity index (χ3n) is 6.77. The van der Waals surface area contributed by atoms with Crippen LogP contribution in [0.4, 0.5) is 16.2 Å². The van der Waals surface area contributed by atoms with Crippen molar-refractivity contribution in [3.05, 3.63) is 47.4 Å². The molecular weight excluding hydrogens is 477 g/mol. The van der Waals surface area contributed by atoms with Crippen LogP contribution in [0.3, 0.4) is 0 Å². The highest BCUT2D eigenvalue weighted by atomic mass is 19.1. The molecule has 10 nitrogen and oxygen atoms in total. The van der Waals surface area contributed by atoms with E-state index in [9.17, 15) is 4.79 Å². The molecule has 37 heavy (non-hydrogen) atoms. The predicted octanol–water partition coefficient (Wildman–Crippen LogP) is 3.46. The highest BCUT2D eigenvalue weighted by molar-refractivity contribution is 5.98. The Labute approximate surface area is 212 Å². The number of halogens is 1. The van der Waals surface area contributed by atoms with E-state index in [1.165, 1.54) is 14.2 Å². The van der Waals surface area contributed by atoms with Crippen molar-refractivity contribution in [1.29, 1.82) is 5.26 Å². The largest absolute Gasteiger partial charge is 0.493 e. The number of carbonyl (C=O) groups excluding carboxylic acids is 1. The lowest BCUT2D eigenvalue weighted by molar-refractivity contribution is 0.0715. The first kappa shape index (κ1) is 24.1. The molecular formula is C26H26FN7O3. The number of nitrogens with zero attached hydrogens (tertiary/aromatic N) is 5. The number of methoxy groups -OCH3 is 2. The smallest absolute Gasteiger partial charge is 0.270 e. The van der Waals surface area contributed by atoms with Crippen molar-refractivity contribution in [2.75, 3.05) is 44.5 Å². The number of ether oxygens (including phenoxy) is 2. The molecule has 1 aliphatic rings. The molecule has 0 saturated carbocycles. The summed E-state index contributed by atoms with van der Waals surface area (Å²) in [5.41, 5.74) is 8.05. The van der Waals surface area contributed by atoms with Crippen molar-refractivity contribution in [3.8, 4) is 17.6 Å². The summed E-state index contributed by atoms with van der Waals surface area (Å²) in [5, 5.41) is 10.3. The Bertz CT molecular complexity index is 1560. The highest BCUT2D eigenvalue weighted by Crippen LogP contribution is 2.38. The first-order valence-corrected chi connectivity index (χ1v) is 11.8. The van der Waals surface area contributed by atoms with Crippen LogP contribution in [-0.2, 0) is 0 Å². The number of hydrogen-bond acceptors (Lipinski definition) is 8. The van der Waals surface area contributed by atoms with Crippen molar-refractivity contribution >= 4 is 39.5 Å². The molecule has 1 saturated heterocycles. The van der Waals surface area contributed by atoms with Gasteiger partial charge in [-0.2, -0.15) is 10.2 Å². The molecule has 2 aromatic heterocycles. The molecule has 190 valence electrons. The second-order valence-electron chi connectivity index (χ2n) is 8.83. The van der Waals surface area contributed by atoms with Gasteiger partial charge in [-0.1, -0.05) is 6.92 Å². The van der Waals surface area contributed by atoms with Crippen LogP contribution in [0, 0.1) is 17.1 Å². The second kappa shape index (κ2) is 9.46. The highest BCUT2D eigenvalue weighted by Gasteiger charge is 2.32. The summed E-state index contributed by atoms with van der Waals surface area (Å²) < 4.78 is 25.7. The molecule has 3 heterocycles. The predicted molar refractivity (Wildman–Crippen MR) is 137 cm³/mol. The number of carbonyl (C=O) groups is 1. The lowest BCUT2D eigenvalue weighted by atomic mass is 10.1. The fourth-order valence-electron chi connectivity index (χ4n) is 4.81. The average molecular weight is 504 g/mol. The van der Waals surface area contributed by atoms with E-state index < -0.39 is 5.82 Å². The number of H-pyrrole nitrogens is 1. The van der Waals surface area contributed by atoms with E-state index in [0.29, 0.717) is 48.6 Å². The molecule has 1 fully saturated rings. The molecule has 1 amide bonds. The van der Waals surface area contributed by atoms with E-state index >= 15 is 4.39 Å². The SMILES string of the molecule is CCC1CN(C(=O)c2cc3cc(C#N)ccc3[nH]2)CCN1c1nc(N)c2cc(OC)c(OC)c(F)c2n1. The maximum Gasteiger partial charge on any atom is 0.270 e. The van der Waals surface area contributed by atoms with Gasteiger partial charge in [-0.05, 0) is 36.8 Å². The number of fused-ring (bicyclic) bond motifs is 2. The van der Waals surface area contributed by atoms with Gasteiger partial charge in [-0.3, -0.25) is 4.79 Å². The molecule has 1 unspecified atom stereocenters. The summed E-state index contributed by atoms with van der Waals surface area (Å²) in [7, 11) is 2.78. The topological polar surface area (TPSA) is 133 Å². The minimum atomic E-state index is -0.674. The number of aromatic amines is 1. The monoisotopic (exact) mass is 503 g/mol. The maximum absolute atomic E-state index is 15.3. The molecule has 0 radical (unpaired) electrons. The number of rotatable bonds is 5. The standard InChI is InChI=1S/C26H26FN7O3/c1-4-16-13-33(25(35)19-10-15-9-14(12-28)5-6-18(15)30-19)7-8-34(16)26-31-22-17(24(29)32-26)11-20(36-2)23(37-3)21(22)27/h5-6,9-11,16,30H,4,7-8,13H2,1-3H3,(H2,29,31,32). The number of nitrogen functional groups attached to an aromatic ring is 1. The molecule has 0 bridgehead atoms. The van der Waals surface area contributed by atoms with Gasteiger partial charge in [0.1, 0.15) is 17.0 Å². The van der Waals surface area contributed by atoms with Crippen LogP contribution in [0.2, 0.25) is 0 Å². The minimum Gasteiger partial charge on any atom is -0.493 e. The lowest BCUT2D eigenvalue weighted by Crippen LogP contribution is -2.55. The van der Waals surface area contributed by atoms with Crippen molar-refractivity contribution in [2.24, 2.45) is 0 Å². The Hall–Kier alpha value is -4.59. The van der Waals surface area contributed by atoms with E-state index in [1.54, 1.807) is 35.2 Å². The second-order valence-corrected chi connectivity index (χ2v) is 8.83. The first-order valence-electron chi connectivity index (χ1n) is 11.8. The fourth-order valence-corrected chi connectivity index (χ4v) is 4.81. The van der Waals surface area contributed by atoms with Crippen LogP contribution >= 0.6 is 0 Å². The Morgan fingerprint density at radius 2 is 2.05 bits per heavy atom. The van der Waals surface area contributed by atoms with Crippen LogP contribution in [0.1, 0.15) is 29.4 Å². The zero-order valence-corrected chi connectivity index (χ0v) is 20.7. The minimum absolute atomic E-state index is 0.0447. The Kier molecular flexibility index (Phi) is 6.17. The van der Waals surface area contributed by atoms with Crippen molar-refractivity contribution in [2.45, 2.75) is 19.4 Å². The fraction of sp³-hybridized carbons (Fsp3) is 0.308. The van der Waals surface area contributed by atoms with Crippen LogP contribution in [0.5, 0.6) is 11.5 Å². The van der Waals surface area contributed by atoms with Crippen molar-refractivity contribution in [3.63, 3.8) is 0 Å². The molecule has 2 aromatic carbocycles. The normalized spacial score (nSPS) is 15.7. The van der Waals surface area contributed by atoms with E-state index in [2.05, 4.69) is 21.0 Å². The molecule has 11 heteroatoms. The number of anilines is 2. The number of nitriles is 1. The molecule has 1 aliphatic heterocycles. The van der Waals surface area contributed by atoms with Crippen LogP contribution in [-0.4, -0.2) is 65.7 Å². The first-order chi connectivity index (χ1) is 17.9. The van der Waals surface area contributed by atoms with E-state index in [1.807, 2.05) is 11.8 Å². The van der Waals surface area contributed by atoms with Gasteiger partial charge in [0.2, 0.25) is 5.95 Å². The molecule has 4 aromatic rings. The summed E-state index contributed by atoms with van der Waals surface area (Å²) in [6, 6.07) is 10.6. The number of nitrogens with one attached hydrogen (secondary N) is 1. The van der Waals surface area contributed by atoms with Gasteiger partial charge < -0.3 is 30.0 Å². The lowest BCUT2D eigenvalue weighted by Gasteiger charge is -2.41. The van der Waals surface area contributed by atoms with Gasteiger partial charge in [-0.25, -0.2) is 9.37 Å². The van der Waals surface area contributed by atoms with Gasteiger partial charge in [0.25, 0.3) is 5.91 Å². The van der Waals surface area contributed by atoms with Gasteiger partial charge in [0.15, 0.2) is 17.3 Å². The van der Waals surface area contributed by atoms with Crippen molar-refractivity contribution in [1.82, 2.24) is 19.9 Å². The van der Waals surface area contributed by atoms with E-state index in [4.69, 9.17) is 20.5 Å². The zero-order valence-electron chi connectivity index (χ0n) is 20.7. The van der Waals surface area contributed by atoms with Gasteiger partial charge >= 0.3 is 0 Å². The van der Waals surface area contributed by atoms with Gasteiger partial charge in [0, 0.05) is 42.0 Å². The number of nitrogens with two attached hydrogens (primary N) is 1. The van der Waals surface area contributed by atoms with Gasteiger partial charge in [0.05, 0.1) is 25.9 Å². The van der Waals surface area contributed by atoms with E-state index in [-0.39, 0.29) is 34.8 Å². The summed E-state index contributed by atoms with van der Waals surface area (Å²) in [6.07, 6.45) is 0.706. The number of hydrogen-bond donors (Lipinski definition) is 2. The quantitative estimate of drug-likeness (QED) is 0.423. The number of amides is 1. The van der Waals surface area contributed by atoms with E-state index in [0.717, 1.165) is 10.9 Å². The number of aromatic nitrogens is 3. The molecule has 0 spiro atoms. The summed E-state index contributed by atoms with van der Waals surface area (Å²) in [5.74, 6) is -0.230. The Morgan fingerprint density at radius 1 is 1.24 bits per heavy atom. The van der Waals surface area contributed by atoms with Gasteiger partial charge in [-0.15, -0.1) is 0 Å². The van der Waals surface area contributed by atoms with Crippen LogP contribution in [0.25, 0.3) is 21.8 Å². The maximum atomic E-state index is 15.3. The van der Waals surface area contributed by atoms with Crippen LogP contribution in [0.15, 0.2) is 30.3 Å². The average Bonchev–Trinajstić information content (AvgIpc) is 3.35. The zero-order chi connectivity index (χ0) is 26.3. The molecule has 3 N–H and O–H groups in total. The number of piperazine rings is 1. The number of benzene rings is 2. The molecule has 1 atom stereocenters. The summed E-state index contributed by atoms with van der Waals surface area (Å²) >= 11 is 0. The summed E-state index contributed by atoms with van der Waals surface area (Å²) in [4.78, 5) is 29.2.